The third-order valence-electron chi connectivity index (χ3n) is 1.88. The topological polar surface area (TPSA) is 55.1 Å². The predicted molar refractivity (Wildman–Crippen MR) is 55.6 cm³/mol. The van der Waals surface area contributed by atoms with Gasteiger partial charge in [0, 0.05) is 6.20 Å². The summed E-state index contributed by atoms with van der Waals surface area (Å²) in [6, 6.07) is 5.12. The van der Waals surface area contributed by atoms with E-state index < -0.39 is 0 Å². The Morgan fingerprint density at radius 3 is 3.00 bits per heavy atom. The lowest BCUT2D eigenvalue weighted by Crippen LogP contribution is -2.10. The van der Waals surface area contributed by atoms with Gasteiger partial charge >= 0.3 is 0 Å². The van der Waals surface area contributed by atoms with Crippen LogP contribution in [0, 0.1) is 6.92 Å². The Hall–Kier alpha value is -2.10. The number of rotatable bonds is 2. The van der Waals surface area contributed by atoms with Crippen molar-refractivity contribution in [3.05, 3.63) is 48.2 Å². The minimum Gasteiger partial charge on any atom is -0.459 e. The van der Waals surface area contributed by atoms with E-state index in [1.165, 1.54) is 6.26 Å². The molecule has 0 unspecified atom stereocenters. The summed E-state index contributed by atoms with van der Waals surface area (Å²) in [6.45, 7) is 1.91. The average Bonchev–Trinajstić information content (AvgIpc) is 2.70. The first kappa shape index (κ1) is 9.45. The highest BCUT2D eigenvalue weighted by Crippen LogP contribution is 2.09. The van der Waals surface area contributed by atoms with E-state index in [9.17, 15) is 4.79 Å². The molecule has 0 spiro atoms. The van der Waals surface area contributed by atoms with E-state index in [1.807, 2.05) is 13.0 Å². The van der Waals surface area contributed by atoms with Gasteiger partial charge in [0.15, 0.2) is 5.76 Å². The molecule has 1 amide bonds. The van der Waals surface area contributed by atoms with Crippen LogP contribution in [0.25, 0.3) is 0 Å². The van der Waals surface area contributed by atoms with Gasteiger partial charge in [-0.25, -0.2) is 0 Å². The fourth-order valence-corrected chi connectivity index (χ4v) is 1.22. The molecule has 0 aliphatic carbocycles. The number of hydrogen-bond acceptors (Lipinski definition) is 3. The van der Waals surface area contributed by atoms with Crippen LogP contribution < -0.4 is 5.32 Å². The molecule has 2 rings (SSSR count). The number of aromatic nitrogens is 1. The van der Waals surface area contributed by atoms with Gasteiger partial charge in [-0.1, -0.05) is 0 Å². The second-order valence-corrected chi connectivity index (χ2v) is 3.18. The third-order valence-corrected chi connectivity index (χ3v) is 1.88. The number of anilines is 1. The maximum absolute atomic E-state index is 11.6. The zero-order valence-electron chi connectivity index (χ0n) is 8.23. The quantitative estimate of drug-likeness (QED) is 0.812. The number of aryl methyl sites for hydroxylation is 1. The normalized spacial score (nSPS) is 9.93. The number of nitrogens with zero attached hydrogens (tertiary/aromatic N) is 1. The molecule has 0 saturated heterocycles. The van der Waals surface area contributed by atoms with Crippen molar-refractivity contribution in [1.82, 2.24) is 4.98 Å². The van der Waals surface area contributed by atoms with Gasteiger partial charge in [0.1, 0.15) is 0 Å². The number of furan rings is 1. The van der Waals surface area contributed by atoms with Crippen LogP contribution in [0.5, 0.6) is 0 Å². The molecule has 0 radical (unpaired) electrons. The SMILES string of the molecule is Cc1cncc(NC(=O)c2ccco2)c1. The molecule has 0 fully saturated rings. The molecule has 0 atom stereocenters. The molecule has 2 heterocycles. The van der Waals surface area contributed by atoms with Crippen molar-refractivity contribution in [3.63, 3.8) is 0 Å². The van der Waals surface area contributed by atoms with E-state index in [2.05, 4.69) is 10.3 Å². The molecule has 1 N–H and O–H groups in total. The molecule has 0 bridgehead atoms. The van der Waals surface area contributed by atoms with Crippen LogP contribution in [-0.2, 0) is 0 Å². The van der Waals surface area contributed by atoms with Gasteiger partial charge in [0.05, 0.1) is 18.1 Å². The Labute approximate surface area is 86.9 Å². The number of pyridine rings is 1. The first-order valence-electron chi connectivity index (χ1n) is 4.52. The summed E-state index contributed by atoms with van der Waals surface area (Å²) in [6.07, 6.45) is 4.78. The first-order valence-corrected chi connectivity index (χ1v) is 4.52. The number of hydrogen-bond donors (Lipinski definition) is 1. The Morgan fingerprint density at radius 1 is 1.47 bits per heavy atom. The van der Waals surface area contributed by atoms with Gasteiger partial charge in [0.2, 0.25) is 0 Å². The third kappa shape index (κ3) is 2.22. The van der Waals surface area contributed by atoms with Crippen LogP contribution in [0.1, 0.15) is 16.1 Å². The van der Waals surface area contributed by atoms with Crippen LogP contribution in [0.15, 0.2) is 41.3 Å². The van der Waals surface area contributed by atoms with Crippen molar-refractivity contribution in [3.8, 4) is 0 Å². The molecule has 0 aliphatic rings. The summed E-state index contributed by atoms with van der Waals surface area (Å²) in [5, 5.41) is 2.69. The lowest BCUT2D eigenvalue weighted by molar-refractivity contribution is 0.0996. The average molecular weight is 202 g/mol. The van der Waals surface area contributed by atoms with Gasteiger partial charge in [-0.3, -0.25) is 9.78 Å². The number of carbonyl (C=O) groups is 1. The molecule has 76 valence electrons. The lowest BCUT2D eigenvalue weighted by atomic mass is 10.3. The highest BCUT2D eigenvalue weighted by molar-refractivity contribution is 6.02. The summed E-state index contributed by atoms with van der Waals surface area (Å²) in [7, 11) is 0. The maximum atomic E-state index is 11.6. The van der Waals surface area contributed by atoms with Gasteiger partial charge < -0.3 is 9.73 Å². The standard InChI is InChI=1S/C11H10N2O2/c1-8-5-9(7-12-6-8)13-11(14)10-3-2-4-15-10/h2-7H,1H3,(H,13,14). The van der Waals surface area contributed by atoms with E-state index in [0.717, 1.165) is 5.56 Å². The number of nitrogens with one attached hydrogen (secondary N) is 1. The van der Waals surface area contributed by atoms with Crippen molar-refractivity contribution in [2.45, 2.75) is 6.92 Å². The van der Waals surface area contributed by atoms with Crippen LogP contribution in [0.2, 0.25) is 0 Å². The van der Waals surface area contributed by atoms with Crippen molar-refractivity contribution in [2.75, 3.05) is 5.32 Å². The van der Waals surface area contributed by atoms with Crippen molar-refractivity contribution >= 4 is 11.6 Å². The first-order chi connectivity index (χ1) is 7.25. The zero-order valence-corrected chi connectivity index (χ0v) is 8.23. The van der Waals surface area contributed by atoms with Gasteiger partial charge in [-0.2, -0.15) is 0 Å². The minimum atomic E-state index is -0.271. The summed E-state index contributed by atoms with van der Waals surface area (Å²) in [4.78, 5) is 15.5. The van der Waals surface area contributed by atoms with E-state index in [0.29, 0.717) is 5.69 Å². The van der Waals surface area contributed by atoms with Gasteiger partial charge in [0.25, 0.3) is 5.91 Å². The molecule has 0 saturated carbocycles. The van der Waals surface area contributed by atoms with Gasteiger partial charge in [-0.05, 0) is 30.7 Å². The van der Waals surface area contributed by atoms with E-state index in [4.69, 9.17) is 4.42 Å². The fourth-order valence-electron chi connectivity index (χ4n) is 1.22. The van der Waals surface area contributed by atoms with E-state index >= 15 is 0 Å². The molecular weight excluding hydrogens is 192 g/mol. The second kappa shape index (κ2) is 3.96. The lowest BCUT2D eigenvalue weighted by Gasteiger charge is -2.02. The second-order valence-electron chi connectivity index (χ2n) is 3.18. The largest absolute Gasteiger partial charge is 0.459 e. The van der Waals surface area contributed by atoms with Gasteiger partial charge in [-0.15, -0.1) is 0 Å². The molecule has 0 aromatic carbocycles. The monoisotopic (exact) mass is 202 g/mol. The van der Waals surface area contributed by atoms with E-state index in [1.54, 1.807) is 24.5 Å². The Kier molecular flexibility index (Phi) is 2.49. The van der Waals surface area contributed by atoms with Crippen LogP contribution in [0.4, 0.5) is 5.69 Å². The van der Waals surface area contributed by atoms with E-state index in [-0.39, 0.29) is 11.7 Å². The van der Waals surface area contributed by atoms with Crippen LogP contribution >= 0.6 is 0 Å². The maximum Gasteiger partial charge on any atom is 0.291 e. The van der Waals surface area contributed by atoms with Crippen LogP contribution in [0.3, 0.4) is 0 Å². The van der Waals surface area contributed by atoms with Crippen molar-refractivity contribution < 1.29 is 9.21 Å². The smallest absolute Gasteiger partial charge is 0.291 e. The predicted octanol–water partition coefficient (Wildman–Crippen LogP) is 2.24. The van der Waals surface area contributed by atoms with Crippen molar-refractivity contribution in [1.29, 1.82) is 0 Å². The minimum absolute atomic E-state index is 0.271. The molecule has 0 aliphatic heterocycles. The highest BCUT2D eigenvalue weighted by Gasteiger charge is 2.08. The summed E-state index contributed by atoms with van der Waals surface area (Å²) < 4.78 is 4.97. The molecule has 15 heavy (non-hydrogen) atoms. The number of amides is 1. The molecular formula is C11H10N2O2. The summed E-state index contributed by atoms with van der Waals surface area (Å²) in [5.41, 5.74) is 1.66. The Morgan fingerprint density at radius 2 is 2.33 bits per heavy atom. The van der Waals surface area contributed by atoms with Crippen LogP contribution in [-0.4, -0.2) is 10.9 Å². The molecule has 2 aromatic heterocycles. The Bertz CT molecular complexity index is 463. The molecule has 4 heteroatoms. The number of carbonyl (C=O) groups excluding carboxylic acids is 1. The summed E-state index contributed by atoms with van der Waals surface area (Å²) >= 11 is 0. The fraction of sp³-hybridized carbons (Fsp3) is 0.0909. The van der Waals surface area contributed by atoms with Crippen molar-refractivity contribution in [2.24, 2.45) is 0 Å². The molecule has 4 nitrogen and oxygen atoms in total. The highest BCUT2D eigenvalue weighted by atomic mass is 16.3. The Balaban J connectivity index is 2.13. The zero-order chi connectivity index (χ0) is 10.7. The molecule has 2 aromatic rings. The summed E-state index contributed by atoms with van der Waals surface area (Å²) in [5.74, 6) is 0.0175.